The van der Waals surface area contributed by atoms with Crippen LogP contribution in [0.15, 0.2) is 48.8 Å². The van der Waals surface area contributed by atoms with Crippen molar-refractivity contribution >= 4 is 0 Å². The molecule has 3 heteroatoms. The predicted octanol–water partition coefficient (Wildman–Crippen LogP) is 2.74. The van der Waals surface area contributed by atoms with Gasteiger partial charge in [0, 0.05) is 18.9 Å². The molecule has 0 aliphatic heterocycles. The van der Waals surface area contributed by atoms with Crippen LogP contribution in [0.25, 0.3) is 0 Å². The van der Waals surface area contributed by atoms with E-state index in [1.807, 2.05) is 43.3 Å². The molecule has 2 rings (SSSR count). The second-order valence-corrected chi connectivity index (χ2v) is 4.21. The molecule has 0 radical (unpaired) electrons. The molecule has 1 aromatic heterocycles. The zero-order chi connectivity index (χ0) is 12.8. The Balaban J connectivity index is 2.05. The maximum Gasteiger partial charge on any atom is 0.121 e. The fourth-order valence-corrected chi connectivity index (χ4v) is 1.81. The van der Waals surface area contributed by atoms with Gasteiger partial charge in [0.2, 0.25) is 0 Å². The van der Waals surface area contributed by atoms with Crippen molar-refractivity contribution in [1.29, 1.82) is 5.26 Å². The number of nitrogens with one attached hydrogen (secondary N) is 1. The second-order valence-electron chi connectivity index (χ2n) is 4.21. The molecule has 0 amide bonds. The summed E-state index contributed by atoms with van der Waals surface area (Å²) in [4.78, 5) is 3.97. The molecule has 0 bridgehead atoms. The molecule has 2 aromatic rings. The van der Waals surface area contributed by atoms with Crippen LogP contribution in [0, 0.1) is 18.3 Å². The van der Waals surface area contributed by atoms with Crippen molar-refractivity contribution in [2.24, 2.45) is 0 Å². The van der Waals surface area contributed by atoms with E-state index in [0.717, 1.165) is 11.1 Å². The van der Waals surface area contributed by atoms with Crippen LogP contribution >= 0.6 is 0 Å². The van der Waals surface area contributed by atoms with Crippen LogP contribution in [0.1, 0.15) is 22.7 Å². The van der Waals surface area contributed by atoms with Crippen molar-refractivity contribution in [1.82, 2.24) is 10.3 Å². The highest BCUT2D eigenvalue weighted by Gasteiger charge is 2.09. The molecule has 1 heterocycles. The van der Waals surface area contributed by atoms with Crippen molar-refractivity contribution in [2.45, 2.75) is 19.5 Å². The molecular weight excluding hydrogens is 222 g/mol. The third kappa shape index (κ3) is 3.16. The van der Waals surface area contributed by atoms with E-state index in [2.05, 4.69) is 16.4 Å². The highest BCUT2D eigenvalue weighted by Crippen LogP contribution is 2.14. The fourth-order valence-electron chi connectivity index (χ4n) is 1.81. The van der Waals surface area contributed by atoms with Gasteiger partial charge in [0.25, 0.3) is 0 Å². The number of pyridine rings is 1. The number of nitrogens with zero attached hydrogens (tertiary/aromatic N) is 2. The Morgan fingerprint density at radius 1 is 1.28 bits per heavy atom. The molecule has 0 saturated heterocycles. The standard InChI is InChI=1S/C15H15N3/c1-12-3-2-4-14(9-12)15(10-16)18-11-13-5-7-17-8-6-13/h2-9,15,18H,11H2,1H3. The van der Waals surface area contributed by atoms with Gasteiger partial charge in [-0.3, -0.25) is 10.3 Å². The van der Waals surface area contributed by atoms with Gasteiger partial charge in [0.05, 0.1) is 6.07 Å². The Labute approximate surface area is 107 Å². The molecule has 0 aliphatic carbocycles. The summed E-state index contributed by atoms with van der Waals surface area (Å²) in [6.07, 6.45) is 3.51. The van der Waals surface area contributed by atoms with E-state index >= 15 is 0 Å². The molecule has 1 aromatic carbocycles. The molecule has 1 unspecified atom stereocenters. The van der Waals surface area contributed by atoms with Gasteiger partial charge in [-0.25, -0.2) is 0 Å². The first kappa shape index (κ1) is 12.3. The first-order chi connectivity index (χ1) is 8.79. The number of hydrogen-bond donors (Lipinski definition) is 1. The summed E-state index contributed by atoms with van der Waals surface area (Å²) in [7, 11) is 0. The monoisotopic (exact) mass is 237 g/mol. The topological polar surface area (TPSA) is 48.7 Å². The minimum Gasteiger partial charge on any atom is -0.294 e. The summed E-state index contributed by atoms with van der Waals surface area (Å²) in [5, 5.41) is 12.5. The summed E-state index contributed by atoms with van der Waals surface area (Å²) >= 11 is 0. The van der Waals surface area contributed by atoms with Crippen LogP contribution in [-0.2, 0) is 6.54 Å². The number of nitriles is 1. The third-order valence-corrected chi connectivity index (χ3v) is 2.76. The smallest absolute Gasteiger partial charge is 0.121 e. The highest BCUT2D eigenvalue weighted by atomic mass is 14.9. The van der Waals surface area contributed by atoms with Gasteiger partial charge in [-0.15, -0.1) is 0 Å². The minimum atomic E-state index is -0.280. The van der Waals surface area contributed by atoms with Gasteiger partial charge in [-0.05, 0) is 30.2 Å². The Morgan fingerprint density at radius 3 is 2.72 bits per heavy atom. The number of aromatic nitrogens is 1. The third-order valence-electron chi connectivity index (χ3n) is 2.76. The Hall–Kier alpha value is -2.18. The second kappa shape index (κ2) is 5.95. The first-order valence-corrected chi connectivity index (χ1v) is 5.88. The predicted molar refractivity (Wildman–Crippen MR) is 70.6 cm³/mol. The Morgan fingerprint density at radius 2 is 2.06 bits per heavy atom. The summed E-state index contributed by atoms with van der Waals surface area (Å²) in [6, 6.07) is 13.9. The van der Waals surface area contributed by atoms with Crippen LogP contribution < -0.4 is 5.32 Å². The van der Waals surface area contributed by atoms with Crippen LogP contribution in [0.4, 0.5) is 0 Å². The van der Waals surface area contributed by atoms with Gasteiger partial charge in [0.15, 0.2) is 0 Å². The molecule has 0 fully saturated rings. The maximum absolute atomic E-state index is 9.22. The molecule has 3 nitrogen and oxygen atoms in total. The van der Waals surface area contributed by atoms with E-state index in [0.29, 0.717) is 6.54 Å². The lowest BCUT2D eigenvalue weighted by Gasteiger charge is -2.12. The minimum absolute atomic E-state index is 0.280. The zero-order valence-electron chi connectivity index (χ0n) is 10.3. The molecule has 0 saturated carbocycles. The molecule has 0 spiro atoms. The van der Waals surface area contributed by atoms with Crippen molar-refractivity contribution in [3.05, 3.63) is 65.5 Å². The average Bonchev–Trinajstić information content (AvgIpc) is 2.41. The number of hydrogen-bond acceptors (Lipinski definition) is 3. The number of aryl methyl sites for hydroxylation is 1. The van der Waals surface area contributed by atoms with E-state index in [9.17, 15) is 5.26 Å². The molecule has 18 heavy (non-hydrogen) atoms. The van der Waals surface area contributed by atoms with Gasteiger partial charge >= 0.3 is 0 Å². The van der Waals surface area contributed by atoms with Crippen LogP contribution in [-0.4, -0.2) is 4.98 Å². The van der Waals surface area contributed by atoms with E-state index in [1.165, 1.54) is 5.56 Å². The maximum atomic E-state index is 9.22. The van der Waals surface area contributed by atoms with Gasteiger partial charge < -0.3 is 0 Å². The van der Waals surface area contributed by atoms with E-state index < -0.39 is 0 Å². The van der Waals surface area contributed by atoms with E-state index in [4.69, 9.17) is 0 Å². The van der Waals surface area contributed by atoms with E-state index in [1.54, 1.807) is 12.4 Å². The normalized spacial score (nSPS) is 11.8. The summed E-state index contributed by atoms with van der Waals surface area (Å²) in [5.41, 5.74) is 3.29. The van der Waals surface area contributed by atoms with Crippen molar-refractivity contribution in [3.63, 3.8) is 0 Å². The summed E-state index contributed by atoms with van der Waals surface area (Å²) in [5.74, 6) is 0. The Kier molecular flexibility index (Phi) is 4.06. The van der Waals surface area contributed by atoms with Gasteiger partial charge in [0.1, 0.15) is 6.04 Å². The fraction of sp³-hybridized carbons (Fsp3) is 0.200. The van der Waals surface area contributed by atoms with Crippen LogP contribution in [0.5, 0.6) is 0 Å². The van der Waals surface area contributed by atoms with Crippen LogP contribution in [0.3, 0.4) is 0 Å². The number of rotatable bonds is 4. The van der Waals surface area contributed by atoms with Crippen molar-refractivity contribution in [2.75, 3.05) is 0 Å². The van der Waals surface area contributed by atoms with Crippen LogP contribution in [0.2, 0.25) is 0 Å². The summed E-state index contributed by atoms with van der Waals surface area (Å²) < 4.78 is 0. The van der Waals surface area contributed by atoms with E-state index in [-0.39, 0.29) is 6.04 Å². The molecule has 90 valence electrons. The SMILES string of the molecule is Cc1cccc(C(C#N)NCc2ccncc2)c1. The first-order valence-electron chi connectivity index (χ1n) is 5.88. The zero-order valence-corrected chi connectivity index (χ0v) is 10.3. The lowest BCUT2D eigenvalue weighted by molar-refractivity contribution is 0.629. The van der Waals surface area contributed by atoms with Gasteiger partial charge in [-0.2, -0.15) is 5.26 Å². The average molecular weight is 237 g/mol. The highest BCUT2D eigenvalue weighted by molar-refractivity contribution is 5.28. The molecule has 0 aliphatic rings. The molecule has 1 N–H and O–H groups in total. The van der Waals surface area contributed by atoms with Crippen molar-refractivity contribution < 1.29 is 0 Å². The molecule has 1 atom stereocenters. The lowest BCUT2D eigenvalue weighted by atomic mass is 10.1. The number of benzene rings is 1. The summed E-state index contributed by atoms with van der Waals surface area (Å²) in [6.45, 7) is 2.69. The van der Waals surface area contributed by atoms with Crippen molar-refractivity contribution in [3.8, 4) is 6.07 Å². The quantitative estimate of drug-likeness (QED) is 0.889. The van der Waals surface area contributed by atoms with Gasteiger partial charge in [-0.1, -0.05) is 29.8 Å². The largest absolute Gasteiger partial charge is 0.294 e. The molecular formula is C15H15N3. The lowest BCUT2D eigenvalue weighted by Crippen LogP contribution is -2.19. The Bertz CT molecular complexity index is 543.